The number of nitrogens with zero attached hydrogens (tertiary/aromatic N) is 1. The zero-order valence-electron chi connectivity index (χ0n) is 11.5. The lowest BCUT2D eigenvalue weighted by Gasteiger charge is -2.20. The number of carbonyl (C=O) groups excluding carboxylic acids is 1. The molecule has 1 amide bonds. The van der Waals surface area contributed by atoms with Crippen LogP contribution < -0.4 is 16.4 Å². The first-order chi connectivity index (χ1) is 10.0. The van der Waals surface area contributed by atoms with E-state index >= 15 is 0 Å². The van der Waals surface area contributed by atoms with Crippen molar-refractivity contribution in [3.05, 3.63) is 58.1 Å². The molecule has 0 spiro atoms. The summed E-state index contributed by atoms with van der Waals surface area (Å²) in [6.07, 6.45) is 1.01. The molecular formula is C16H16ClN3O. The molecule has 0 aliphatic carbocycles. The number of benzene rings is 2. The highest BCUT2D eigenvalue weighted by molar-refractivity contribution is 6.31. The Morgan fingerprint density at radius 3 is 2.76 bits per heavy atom. The zero-order chi connectivity index (χ0) is 15.0. The van der Waals surface area contributed by atoms with Gasteiger partial charge in [0.05, 0.1) is 0 Å². The smallest absolute Gasteiger partial charge is 0.248 e. The molecule has 0 unspecified atom stereocenters. The number of fused-ring (bicyclic) bond motifs is 1. The molecule has 2 aromatic rings. The van der Waals surface area contributed by atoms with Gasteiger partial charge in [-0.05, 0) is 41.8 Å². The summed E-state index contributed by atoms with van der Waals surface area (Å²) < 4.78 is 0. The van der Waals surface area contributed by atoms with Gasteiger partial charge in [0.1, 0.15) is 0 Å². The third kappa shape index (κ3) is 2.67. The molecule has 5 heteroatoms. The van der Waals surface area contributed by atoms with Crippen molar-refractivity contribution in [3.8, 4) is 0 Å². The molecule has 4 N–H and O–H groups in total. The maximum atomic E-state index is 11.1. The second-order valence-corrected chi connectivity index (χ2v) is 5.64. The number of nitrogens with two attached hydrogens (primary N) is 2. The standard InChI is InChI=1S/C16H16ClN3O/c17-14-7-11(16(19)21)1-2-12(14)9-20-6-5-10-3-4-13(18)8-15(10)20/h1-4,7-8H,5-6,9,18H2,(H2,19,21). The Labute approximate surface area is 128 Å². The van der Waals surface area contributed by atoms with E-state index in [0.29, 0.717) is 17.1 Å². The van der Waals surface area contributed by atoms with Gasteiger partial charge >= 0.3 is 0 Å². The van der Waals surface area contributed by atoms with Crippen molar-refractivity contribution < 1.29 is 4.79 Å². The molecule has 2 aromatic carbocycles. The van der Waals surface area contributed by atoms with Crippen LogP contribution in [0, 0.1) is 0 Å². The summed E-state index contributed by atoms with van der Waals surface area (Å²) in [7, 11) is 0. The van der Waals surface area contributed by atoms with E-state index in [-0.39, 0.29) is 0 Å². The van der Waals surface area contributed by atoms with Gasteiger partial charge in [0.15, 0.2) is 0 Å². The second-order valence-electron chi connectivity index (χ2n) is 5.23. The lowest BCUT2D eigenvalue weighted by Crippen LogP contribution is -2.20. The van der Waals surface area contributed by atoms with Crippen molar-refractivity contribution >= 4 is 28.9 Å². The van der Waals surface area contributed by atoms with Gasteiger partial charge in [-0.25, -0.2) is 0 Å². The Kier molecular flexibility index (Phi) is 3.47. The van der Waals surface area contributed by atoms with Crippen molar-refractivity contribution in [1.82, 2.24) is 0 Å². The van der Waals surface area contributed by atoms with Crippen LogP contribution in [0.1, 0.15) is 21.5 Å². The normalized spacial score (nSPS) is 13.3. The third-order valence-electron chi connectivity index (χ3n) is 3.80. The topological polar surface area (TPSA) is 72.4 Å². The highest BCUT2D eigenvalue weighted by Crippen LogP contribution is 2.32. The molecule has 0 saturated heterocycles. The summed E-state index contributed by atoms with van der Waals surface area (Å²) in [5.41, 5.74) is 15.7. The molecule has 1 aliphatic heterocycles. The van der Waals surface area contributed by atoms with Crippen molar-refractivity contribution in [2.24, 2.45) is 5.73 Å². The average Bonchev–Trinajstić information content (AvgIpc) is 2.83. The molecule has 0 atom stereocenters. The quantitative estimate of drug-likeness (QED) is 0.856. The molecule has 0 fully saturated rings. The Hall–Kier alpha value is -2.20. The fourth-order valence-corrected chi connectivity index (χ4v) is 2.90. The van der Waals surface area contributed by atoms with E-state index in [2.05, 4.69) is 11.0 Å². The monoisotopic (exact) mass is 301 g/mol. The minimum Gasteiger partial charge on any atom is -0.399 e. The number of hydrogen-bond donors (Lipinski definition) is 2. The Morgan fingerprint density at radius 2 is 2.05 bits per heavy atom. The van der Waals surface area contributed by atoms with Crippen LogP contribution in [0.15, 0.2) is 36.4 Å². The predicted octanol–water partition coefficient (Wildman–Crippen LogP) is 2.58. The summed E-state index contributed by atoms with van der Waals surface area (Å²) >= 11 is 6.25. The maximum absolute atomic E-state index is 11.1. The van der Waals surface area contributed by atoms with Gasteiger partial charge in [-0.15, -0.1) is 0 Å². The molecule has 0 saturated carbocycles. The summed E-state index contributed by atoms with van der Waals surface area (Å²) in [4.78, 5) is 13.4. The Morgan fingerprint density at radius 1 is 1.24 bits per heavy atom. The Bertz CT molecular complexity index is 715. The van der Waals surface area contributed by atoms with Gasteiger partial charge in [-0.3, -0.25) is 4.79 Å². The number of carbonyl (C=O) groups is 1. The fraction of sp³-hybridized carbons (Fsp3) is 0.188. The van der Waals surface area contributed by atoms with Crippen LogP contribution in [0.5, 0.6) is 0 Å². The van der Waals surface area contributed by atoms with E-state index in [1.807, 2.05) is 18.2 Å². The number of nitrogen functional groups attached to an aromatic ring is 1. The van der Waals surface area contributed by atoms with Crippen molar-refractivity contribution in [2.75, 3.05) is 17.2 Å². The first kappa shape index (κ1) is 13.8. The summed E-state index contributed by atoms with van der Waals surface area (Å²) in [6.45, 7) is 1.63. The minimum atomic E-state index is -0.470. The van der Waals surface area contributed by atoms with E-state index in [0.717, 1.165) is 29.9 Å². The lowest BCUT2D eigenvalue weighted by atomic mass is 10.1. The van der Waals surface area contributed by atoms with Crippen LogP contribution in [-0.4, -0.2) is 12.5 Å². The predicted molar refractivity (Wildman–Crippen MR) is 85.6 cm³/mol. The van der Waals surface area contributed by atoms with E-state index in [4.69, 9.17) is 23.1 Å². The lowest BCUT2D eigenvalue weighted by molar-refractivity contribution is 0.100. The van der Waals surface area contributed by atoms with Crippen LogP contribution in [0.2, 0.25) is 5.02 Å². The van der Waals surface area contributed by atoms with E-state index in [1.165, 1.54) is 5.56 Å². The molecule has 1 heterocycles. The van der Waals surface area contributed by atoms with Gasteiger partial charge in [-0.2, -0.15) is 0 Å². The zero-order valence-corrected chi connectivity index (χ0v) is 12.2. The van der Waals surface area contributed by atoms with Gasteiger partial charge in [-0.1, -0.05) is 23.7 Å². The van der Waals surface area contributed by atoms with Gasteiger partial charge in [0.2, 0.25) is 5.91 Å². The number of hydrogen-bond acceptors (Lipinski definition) is 3. The highest BCUT2D eigenvalue weighted by Gasteiger charge is 2.20. The molecule has 108 valence electrons. The largest absolute Gasteiger partial charge is 0.399 e. The van der Waals surface area contributed by atoms with Crippen LogP contribution in [-0.2, 0) is 13.0 Å². The SMILES string of the molecule is NC(=O)c1ccc(CN2CCc3ccc(N)cc32)c(Cl)c1. The molecule has 0 radical (unpaired) electrons. The second kappa shape index (κ2) is 5.30. The molecule has 0 aromatic heterocycles. The minimum absolute atomic E-state index is 0.426. The van der Waals surface area contributed by atoms with Crippen molar-refractivity contribution in [3.63, 3.8) is 0 Å². The molecule has 3 rings (SSSR count). The number of primary amides is 1. The van der Waals surface area contributed by atoms with E-state index in [1.54, 1.807) is 12.1 Å². The molecule has 1 aliphatic rings. The number of rotatable bonds is 3. The average molecular weight is 302 g/mol. The van der Waals surface area contributed by atoms with E-state index < -0.39 is 5.91 Å². The molecule has 21 heavy (non-hydrogen) atoms. The summed E-state index contributed by atoms with van der Waals surface area (Å²) in [5.74, 6) is -0.470. The van der Waals surface area contributed by atoms with E-state index in [9.17, 15) is 4.79 Å². The molecular weight excluding hydrogens is 286 g/mol. The summed E-state index contributed by atoms with van der Waals surface area (Å²) in [6, 6.07) is 11.2. The first-order valence-corrected chi connectivity index (χ1v) is 7.14. The van der Waals surface area contributed by atoms with Gasteiger partial charge in [0, 0.05) is 35.1 Å². The van der Waals surface area contributed by atoms with Crippen LogP contribution in [0.3, 0.4) is 0 Å². The number of amides is 1. The van der Waals surface area contributed by atoms with Crippen molar-refractivity contribution in [1.29, 1.82) is 0 Å². The maximum Gasteiger partial charge on any atom is 0.248 e. The summed E-state index contributed by atoms with van der Waals surface area (Å²) in [5, 5.41) is 0.559. The molecule has 0 bridgehead atoms. The third-order valence-corrected chi connectivity index (χ3v) is 4.15. The van der Waals surface area contributed by atoms with Gasteiger partial charge < -0.3 is 16.4 Å². The fourth-order valence-electron chi connectivity index (χ4n) is 2.66. The van der Waals surface area contributed by atoms with Crippen LogP contribution in [0.25, 0.3) is 0 Å². The number of anilines is 2. The van der Waals surface area contributed by atoms with Crippen LogP contribution >= 0.6 is 11.6 Å². The van der Waals surface area contributed by atoms with Gasteiger partial charge in [0.25, 0.3) is 0 Å². The highest BCUT2D eigenvalue weighted by atomic mass is 35.5. The number of halogens is 1. The first-order valence-electron chi connectivity index (χ1n) is 6.76. The van der Waals surface area contributed by atoms with Crippen LogP contribution in [0.4, 0.5) is 11.4 Å². The Balaban J connectivity index is 1.86. The molecule has 4 nitrogen and oxygen atoms in total. The van der Waals surface area contributed by atoms with Crippen molar-refractivity contribution in [2.45, 2.75) is 13.0 Å².